The number of methoxy groups -OCH3 is 1. The lowest BCUT2D eigenvalue weighted by Gasteiger charge is -2.24. The van der Waals surface area contributed by atoms with Crippen LogP contribution in [0.5, 0.6) is 5.75 Å². The number of aliphatic hydroxyl groups excluding tert-OH is 1. The molecule has 1 rings (SSSR count). The molecular weight excluding hydrogens is 224 g/mol. The fourth-order valence-electron chi connectivity index (χ4n) is 2.33. The van der Waals surface area contributed by atoms with E-state index >= 15 is 0 Å². The molecule has 0 saturated heterocycles. The van der Waals surface area contributed by atoms with Crippen molar-refractivity contribution in [3.05, 3.63) is 29.3 Å². The number of hydrogen-bond donors (Lipinski definition) is 1. The number of ether oxygens (including phenoxy) is 1. The first-order chi connectivity index (χ1) is 8.43. The van der Waals surface area contributed by atoms with Crippen molar-refractivity contribution < 1.29 is 9.84 Å². The summed E-state index contributed by atoms with van der Waals surface area (Å²) in [7, 11) is 1.72. The zero-order valence-corrected chi connectivity index (χ0v) is 12.3. The standard InChI is InChI=1S/C16H26O2/c1-6-12(9-10-17)13-7-8-15(18-5)14(11-13)16(2,3)4/h7-8,11-12,17H,6,9-10H2,1-5H3. The molecule has 0 aromatic heterocycles. The van der Waals surface area contributed by atoms with E-state index in [0.29, 0.717) is 5.92 Å². The van der Waals surface area contributed by atoms with Crippen molar-refractivity contribution in [3.63, 3.8) is 0 Å². The zero-order valence-electron chi connectivity index (χ0n) is 12.3. The monoisotopic (exact) mass is 250 g/mol. The molecule has 0 aliphatic carbocycles. The van der Waals surface area contributed by atoms with E-state index in [4.69, 9.17) is 9.84 Å². The topological polar surface area (TPSA) is 29.5 Å². The fourth-order valence-corrected chi connectivity index (χ4v) is 2.33. The average Bonchev–Trinajstić information content (AvgIpc) is 2.34. The Balaban J connectivity index is 3.17. The van der Waals surface area contributed by atoms with Crippen LogP contribution in [0.15, 0.2) is 18.2 Å². The average molecular weight is 250 g/mol. The van der Waals surface area contributed by atoms with Gasteiger partial charge in [-0.3, -0.25) is 0 Å². The molecule has 0 amide bonds. The van der Waals surface area contributed by atoms with Crippen molar-refractivity contribution in [1.29, 1.82) is 0 Å². The van der Waals surface area contributed by atoms with Crippen LogP contribution in [0.4, 0.5) is 0 Å². The molecule has 0 aliphatic rings. The van der Waals surface area contributed by atoms with E-state index in [1.165, 1.54) is 11.1 Å². The highest BCUT2D eigenvalue weighted by Crippen LogP contribution is 2.35. The SMILES string of the molecule is CCC(CCO)c1ccc(OC)c(C(C)(C)C)c1. The third-order valence-electron chi connectivity index (χ3n) is 3.47. The molecule has 1 aromatic rings. The molecular formula is C16H26O2. The van der Waals surface area contributed by atoms with Gasteiger partial charge in [-0.1, -0.05) is 39.8 Å². The summed E-state index contributed by atoms with van der Waals surface area (Å²) in [6, 6.07) is 6.41. The van der Waals surface area contributed by atoms with E-state index in [1.807, 2.05) is 0 Å². The molecule has 0 radical (unpaired) electrons. The molecule has 18 heavy (non-hydrogen) atoms. The lowest BCUT2D eigenvalue weighted by Crippen LogP contribution is -2.14. The molecule has 1 unspecified atom stereocenters. The highest BCUT2D eigenvalue weighted by Gasteiger charge is 2.20. The molecule has 102 valence electrons. The highest BCUT2D eigenvalue weighted by atomic mass is 16.5. The van der Waals surface area contributed by atoms with E-state index < -0.39 is 0 Å². The molecule has 2 nitrogen and oxygen atoms in total. The summed E-state index contributed by atoms with van der Waals surface area (Å²) in [6.45, 7) is 9.00. The minimum Gasteiger partial charge on any atom is -0.496 e. The van der Waals surface area contributed by atoms with Gasteiger partial charge in [0.1, 0.15) is 5.75 Å². The largest absolute Gasteiger partial charge is 0.496 e. The van der Waals surface area contributed by atoms with E-state index in [9.17, 15) is 0 Å². The normalized spacial score (nSPS) is 13.4. The first kappa shape index (κ1) is 15.0. The first-order valence-corrected chi connectivity index (χ1v) is 6.73. The number of aliphatic hydroxyl groups is 1. The van der Waals surface area contributed by atoms with Crippen molar-refractivity contribution in [3.8, 4) is 5.75 Å². The van der Waals surface area contributed by atoms with Gasteiger partial charge in [0.2, 0.25) is 0 Å². The Morgan fingerprint density at radius 3 is 2.39 bits per heavy atom. The Labute approximate surface area is 111 Å². The Bertz CT molecular complexity index is 377. The maximum absolute atomic E-state index is 9.13. The van der Waals surface area contributed by atoms with Crippen LogP contribution in [-0.4, -0.2) is 18.8 Å². The van der Waals surface area contributed by atoms with Crippen LogP contribution in [0.2, 0.25) is 0 Å². The second-order valence-corrected chi connectivity index (χ2v) is 5.83. The van der Waals surface area contributed by atoms with Crippen molar-refractivity contribution in [1.82, 2.24) is 0 Å². The number of hydrogen-bond acceptors (Lipinski definition) is 2. The molecule has 0 fully saturated rings. The maximum atomic E-state index is 9.13. The second kappa shape index (κ2) is 6.24. The summed E-state index contributed by atoms with van der Waals surface area (Å²) < 4.78 is 5.45. The summed E-state index contributed by atoms with van der Waals surface area (Å²) in [6.07, 6.45) is 1.88. The second-order valence-electron chi connectivity index (χ2n) is 5.83. The van der Waals surface area contributed by atoms with Crippen LogP contribution < -0.4 is 4.74 Å². The molecule has 1 atom stereocenters. The van der Waals surface area contributed by atoms with Crippen LogP contribution in [0.1, 0.15) is 57.6 Å². The van der Waals surface area contributed by atoms with Gasteiger partial charge in [0.05, 0.1) is 7.11 Å². The summed E-state index contributed by atoms with van der Waals surface area (Å²) in [5.74, 6) is 1.38. The van der Waals surface area contributed by atoms with Gasteiger partial charge in [-0.05, 0) is 41.4 Å². The van der Waals surface area contributed by atoms with E-state index in [0.717, 1.165) is 18.6 Å². The van der Waals surface area contributed by atoms with Gasteiger partial charge in [-0.25, -0.2) is 0 Å². The van der Waals surface area contributed by atoms with Crippen molar-refractivity contribution in [2.24, 2.45) is 0 Å². The Morgan fingerprint density at radius 2 is 1.94 bits per heavy atom. The summed E-state index contributed by atoms with van der Waals surface area (Å²) in [5.41, 5.74) is 2.61. The molecule has 2 heteroatoms. The molecule has 0 saturated carbocycles. The van der Waals surface area contributed by atoms with Crippen LogP contribution >= 0.6 is 0 Å². The molecule has 1 aromatic carbocycles. The quantitative estimate of drug-likeness (QED) is 0.859. The molecule has 0 spiro atoms. The Morgan fingerprint density at radius 1 is 1.28 bits per heavy atom. The molecule has 0 heterocycles. The predicted octanol–water partition coefficient (Wildman–Crippen LogP) is 3.87. The number of rotatable bonds is 5. The van der Waals surface area contributed by atoms with Crippen molar-refractivity contribution in [2.75, 3.05) is 13.7 Å². The third kappa shape index (κ3) is 3.49. The third-order valence-corrected chi connectivity index (χ3v) is 3.47. The lowest BCUT2D eigenvalue weighted by atomic mass is 9.83. The van der Waals surface area contributed by atoms with E-state index in [-0.39, 0.29) is 12.0 Å². The molecule has 1 N–H and O–H groups in total. The summed E-state index contributed by atoms with van der Waals surface area (Å²) >= 11 is 0. The van der Waals surface area contributed by atoms with Gasteiger partial charge in [0, 0.05) is 6.61 Å². The first-order valence-electron chi connectivity index (χ1n) is 6.73. The van der Waals surface area contributed by atoms with Gasteiger partial charge >= 0.3 is 0 Å². The van der Waals surface area contributed by atoms with Gasteiger partial charge in [-0.15, -0.1) is 0 Å². The van der Waals surface area contributed by atoms with Gasteiger partial charge in [-0.2, -0.15) is 0 Å². The highest BCUT2D eigenvalue weighted by molar-refractivity contribution is 5.42. The number of benzene rings is 1. The Kier molecular flexibility index (Phi) is 5.21. The van der Waals surface area contributed by atoms with Crippen molar-refractivity contribution >= 4 is 0 Å². The van der Waals surface area contributed by atoms with Crippen molar-refractivity contribution in [2.45, 2.75) is 51.9 Å². The minimum atomic E-state index is 0.0683. The smallest absolute Gasteiger partial charge is 0.122 e. The van der Waals surface area contributed by atoms with Crippen LogP contribution in [-0.2, 0) is 5.41 Å². The minimum absolute atomic E-state index is 0.0683. The van der Waals surface area contributed by atoms with E-state index in [2.05, 4.69) is 45.9 Å². The van der Waals surface area contributed by atoms with Gasteiger partial charge in [0.25, 0.3) is 0 Å². The summed E-state index contributed by atoms with van der Waals surface area (Å²) in [5, 5.41) is 9.13. The van der Waals surface area contributed by atoms with Crippen LogP contribution in [0.3, 0.4) is 0 Å². The fraction of sp³-hybridized carbons (Fsp3) is 0.625. The molecule has 0 aliphatic heterocycles. The summed E-state index contributed by atoms with van der Waals surface area (Å²) in [4.78, 5) is 0. The predicted molar refractivity (Wildman–Crippen MR) is 76.4 cm³/mol. The van der Waals surface area contributed by atoms with Gasteiger partial charge in [0.15, 0.2) is 0 Å². The lowest BCUT2D eigenvalue weighted by molar-refractivity contribution is 0.274. The Hall–Kier alpha value is -1.02. The van der Waals surface area contributed by atoms with E-state index in [1.54, 1.807) is 7.11 Å². The molecule has 0 bridgehead atoms. The van der Waals surface area contributed by atoms with Crippen LogP contribution in [0, 0.1) is 0 Å². The van der Waals surface area contributed by atoms with Crippen LogP contribution in [0.25, 0.3) is 0 Å². The maximum Gasteiger partial charge on any atom is 0.122 e. The zero-order chi connectivity index (χ0) is 13.8. The van der Waals surface area contributed by atoms with Gasteiger partial charge < -0.3 is 9.84 Å².